The Morgan fingerprint density at radius 3 is 1.21 bits per heavy atom. The Hall–Kier alpha value is -3.63. The van der Waals surface area contributed by atoms with Gasteiger partial charge in [0.05, 0.1) is 53.8 Å². The third-order valence-electron chi connectivity index (χ3n) is 33.9. The van der Waals surface area contributed by atoms with Gasteiger partial charge in [-0.25, -0.2) is 0 Å². The first-order chi connectivity index (χ1) is 48.8. The Kier molecular flexibility index (Phi) is 26.6. The van der Waals surface area contributed by atoms with Crippen LogP contribution in [0.5, 0.6) is 0 Å². The molecule has 0 amide bonds. The Morgan fingerprint density at radius 1 is 0.402 bits per heavy atom. The summed E-state index contributed by atoms with van der Waals surface area (Å²) >= 11 is 0. The van der Waals surface area contributed by atoms with Crippen LogP contribution in [-0.2, 0) is 76.2 Å². The van der Waals surface area contributed by atoms with Crippen molar-refractivity contribution >= 4 is 41.6 Å². The lowest BCUT2D eigenvalue weighted by molar-refractivity contribution is -0.193. The topological polar surface area (TPSA) is 203 Å². The summed E-state index contributed by atoms with van der Waals surface area (Å²) < 4.78 is 53.3. The van der Waals surface area contributed by atoms with Gasteiger partial charge >= 0.3 is 35.8 Å². The molecule has 21 saturated carbocycles. The molecular formula is C91H148O16. The van der Waals surface area contributed by atoms with Crippen molar-refractivity contribution in [3.05, 3.63) is 0 Å². The summed E-state index contributed by atoms with van der Waals surface area (Å²) in [5.74, 6) is 15.6. The van der Waals surface area contributed by atoms with Gasteiger partial charge in [0.2, 0.25) is 0 Å². The van der Waals surface area contributed by atoms with Crippen LogP contribution in [0.3, 0.4) is 0 Å². The molecule has 0 aromatic carbocycles. The molecule has 0 spiro atoms. The quantitative estimate of drug-likeness (QED) is 0.0325. The molecule has 0 aromatic rings. The molecule has 0 saturated heterocycles. The van der Waals surface area contributed by atoms with Crippen LogP contribution < -0.4 is 0 Å². The SMILES string of the molecule is C.C.C.C.C.C.CCC(C)(C)C(=O)OC1CC2CC1C1C3CC(CC3C(=O)OCOC3C4CC5CC(C4)C(=O)C3C5)C21.CCC(C)C(=O)OC1CC2CC1C1C3CC(CC3C(=O)OCOC3C4CC5CC(C4)CC3C5)C21.CCC(C)C(=O)OC1CC2CC1C1C3CC(CC3C(=O)OCOCC3CCCCC3)C21. The molecule has 20 bridgehead atoms. The standard InChI is InChI=1S/C30H42O6.C29H42O5.C26H40O5.6CH4/c1-4-30(2,3)29(33)36-23-12-16-11-21(23)25-19-9-15(24(16)25)10-20(19)28(32)35-13-34-27-18-6-14-5-17(8-18)26(31)22(27)7-14;1-3-14(2)28(30)34-24-12-18-11-23(24)26-21-9-17(25(18)26)10-22(21)29(31)33-13-32-27-19-5-15-4-16(7-19)8-20(27)6-15;1-3-15(2)25(27)31-22-12-18-11-21(22)24-19-9-17(23(18)24)10-20(19)26(28)30-14-29-13-16-7-5-4-6-8-16;;;;;;/h14-25,27H,4-13H2,1-3H3;14-27H,3-13H2,1-2H3;15-24H,3-14H2,1-2H3;6*1H4. The second-order valence-corrected chi connectivity index (χ2v) is 39.0. The van der Waals surface area contributed by atoms with Gasteiger partial charge in [-0.3, -0.25) is 33.6 Å². The van der Waals surface area contributed by atoms with Crippen LogP contribution in [0.1, 0.15) is 279 Å². The van der Waals surface area contributed by atoms with Gasteiger partial charge in [0.1, 0.15) is 24.1 Å². The molecule has 31 unspecified atom stereocenters. The van der Waals surface area contributed by atoms with Gasteiger partial charge in [0.25, 0.3) is 0 Å². The largest absolute Gasteiger partial charge is 0.462 e. The molecule has 0 radical (unpaired) electrons. The lowest BCUT2D eigenvalue weighted by Crippen LogP contribution is -2.55. The fourth-order valence-electron chi connectivity index (χ4n) is 29.5. The van der Waals surface area contributed by atoms with Crippen LogP contribution in [0.25, 0.3) is 0 Å². The average Bonchev–Trinajstić information content (AvgIpc) is 1.56. The molecule has 0 N–H and O–H groups in total. The van der Waals surface area contributed by atoms with Gasteiger partial charge in [0, 0.05) is 11.8 Å². The van der Waals surface area contributed by atoms with Crippen molar-refractivity contribution < 1.29 is 76.2 Å². The number of ketones is 1. The minimum absolute atomic E-state index is 0. The zero-order valence-electron chi connectivity index (χ0n) is 62.2. The number of esters is 6. The molecule has 21 rings (SSSR count). The summed E-state index contributed by atoms with van der Waals surface area (Å²) in [6.07, 6.45) is 33.2. The monoisotopic (exact) mass is 1500 g/mol. The van der Waals surface area contributed by atoms with Gasteiger partial charge in [0.15, 0.2) is 20.4 Å². The van der Waals surface area contributed by atoms with E-state index in [1.807, 2.05) is 48.5 Å². The van der Waals surface area contributed by atoms with Crippen LogP contribution in [0.15, 0.2) is 0 Å². The van der Waals surface area contributed by atoms with Crippen LogP contribution >= 0.6 is 0 Å². The van der Waals surface area contributed by atoms with Gasteiger partial charge in [-0.15, -0.1) is 0 Å². The predicted octanol–water partition coefficient (Wildman–Crippen LogP) is 18.8. The maximum atomic E-state index is 13.2. The van der Waals surface area contributed by atoms with E-state index in [0.717, 1.165) is 133 Å². The number of hydrogen-bond acceptors (Lipinski definition) is 16. The molecule has 21 aliphatic carbocycles. The number of fused-ring (bicyclic) bond motifs is 27. The first-order valence-corrected chi connectivity index (χ1v) is 42.3. The van der Waals surface area contributed by atoms with Crippen LogP contribution in [0.4, 0.5) is 0 Å². The van der Waals surface area contributed by atoms with Crippen molar-refractivity contribution in [1.82, 2.24) is 0 Å². The number of carbonyl (C=O) groups excluding carboxylic acids is 7. The van der Waals surface area contributed by atoms with E-state index in [4.69, 9.17) is 42.6 Å². The molecule has 0 aliphatic heterocycles. The lowest BCUT2D eigenvalue weighted by Gasteiger charge is -2.53. The van der Waals surface area contributed by atoms with Crippen LogP contribution in [0, 0.1) is 195 Å². The van der Waals surface area contributed by atoms with E-state index in [-0.39, 0.29) is 167 Å². The highest BCUT2D eigenvalue weighted by Gasteiger charge is 2.70. The highest BCUT2D eigenvalue weighted by molar-refractivity contribution is 5.86. The smallest absolute Gasteiger partial charge is 0.311 e. The molecule has 107 heavy (non-hydrogen) atoms. The molecule has 21 fully saturated rings. The molecule has 16 heteroatoms. The second-order valence-electron chi connectivity index (χ2n) is 39.0. The summed E-state index contributed by atoms with van der Waals surface area (Å²) in [5, 5.41) is 0. The molecule has 31 atom stereocenters. The molecule has 608 valence electrons. The molecule has 0 aromatic heterocycles. The van der Waals surface area contributed by atoms with E-state index in [1.54, 1.807) is 0 Å². The number of rotatable bonds is 22. The predicted molar refractivity (Wildman–Crippen MR) is 411 cm³/mol. The Morgan fingerprint density at radius 2 is 0.785 bits per heavy atom. The van der Waals surface area contributed by atoms with E-state index >= 15 is 0 Å². The molecule has 16 nitrogen and oxygen atoms in total. The highest BCUT2D eigenvalue weighted by atomic mass is 16.7. The third-order valence-corrected chi connectivity index (χ3v) is 33.9. The normalized spacial score (nSPS) is 45.4. The summed E-state index contributed by atoms with van der Waals surface area (Å²) in [7, 11) is 0. The second kappa shape index (κ2) is 33.8. The summed E-state index contributed by atoms with van der Waals surface area (Å²) in [6.45, 7) is 14.9. The number of Topliss-reactive ketones (excluding diaryl/α,β-unsaturated/α-hetero) is 1. The molecule has 0 heterocycles. The van der Waals surface area contributed by atoms with Gasteiger partial charge in [-0.05, 0) is 329 Å². The van der Waals surface area contributed by atoms with Crippen molar-refractivity contribution in [3.8, 4) is 0 Å². The van der Waals surface area contributed by atoms with Gasteiger partial charge in [-0.2, -0.15) is 0 Å². The van der Waals surface area contributed by atoms with Crippen LogP contribution in [-0.4, -0.2) is 99.1 Å². The third kappa shape index (κ3) is 15.2. The fourth-order valence-corrected chi connectivity index (χ4v) is 29.5. The first-order valence-electron chi connectivity index (χ1n) is 42.3. The lowest BCUT2D eigenvalue weighted by atomic mass is 9.54. The molecular weight excluding hydrogens is 1350 g/mol. The minimum atomic E-state index is -0.440. The van der Waals surface area contributed by atoms with Gasteiger partial charge in [-0.1, -0.05) is 98.4 Å². The van der Waals surface area contributed by atoms with Gasteiger partial charge < -0.3 is 42.6 Å². The summed E-state index contributed by atoms with van der Waals surface area (Å²) in [4.78, 5) is 89.6. The zero-order valence-corrected chi connectivity index (χ0v) is 62.2. The number of hydrogen-bond donors (Lipinski definition) is 0. The average molecular weight is 1500 g/mol. The van der Waals surface area contributed by atoms with E-state index in [0.29, 0.717) is 136 Å². The Labute approximate surface area is 646 Å². The first kappa shape index (κ1) is 84.3. The Balaban J connectivity index is 0.000000156. The minimum Gasteiger partial charge on any atom is -0.462 e. The number of ether oxygens (including phenoxy) is 9. The maximum absolute atomic E-state index is 13.2. The van der Waals surface area contributed by atoms with E-state index in [1.165, 1.54) is 83.5 Å². The summed E-state index contributed by atoms with van der Waals surface area (Å²) in [6, 6.07) is 0. The van der Waals surface area contributed by atoms with E-state index in [2.05, 4.69) is 0 Å². The Bertz CT molecular complexity index is 3070. The van der Waals surface area contributed by atoms with Crippen molar-refractivity contribution in [1.29, 1.82) is 0 Å². The van der Waals surface area contributed by atoms with E-state index < -0.39 is 5.41 Å². The van der Waals surface area contributed by atoms with Crippen molar-refractivity contribution in [2.24, 2.45) is 195 Å². The highest BCUT2D eigenvalue weighted by Crippen LogP contribution is 2.73. The van der Waals surface area contributed by atoms with Crippen molar-refractivity contribution in [2.75, 3.05) is 27.0 Å². The zero-order chi connectivity index (χ0) is 69.6. The maximum Gasteiger partial charge on any atom is 0.311 e. The van der Waals surface area contributed by atoms with Crippen molar-refractivity contribution in [3.63, 3.8) is 0 Å². The van der Waals surface area contributed by atoms with Crippen LogP contribution in [0.2, 0.25) is 0 Å². The molecule has 21 aliphatic rings. The van der Waals surface area contributed by atoms with Crippen molar-refractivity contribution in [2.45, 2.75) is 310 Å². The van der Waals surface area contributed by atoms with E-state index in [9.17, 15) is 33.6 Å². The summed E-state index contributed by atoms with van der Waals surface area (Å²) in [5.41, 5.74) is -0.440. The number of carbonyl (C=O) groups is 7. The fraction of sp³-hybridized carbons (Fsp3) is 0.923.